The van der Waals surface area contributed by atoms with Crippen LogP contribution in [0, 0.1) is 0 Å². The summed E-state index contributed by atoms with van der Waals surface area (Å²) >= 11 is 0. The Bertz CT molecular complexity index is 592. The molecule has 18 heavy (non-hydrogen) atoms. The molecule has 3 nitrogen and oxygen atoms in total. The Labute approximate surface area is 106 Å². The molecular formula is C15H16N2O. The number of nitrogens with one attached hydrogen (secondary N) is 1. The Balaban J connectivity index is 1.84. The van der Waals surface area contributed by atoms with Crippen LogP contribution in [0.5, 0.6) is 0 Å². The SMILES string of the molecule is CCOC1=NCC(c2ccc3ccccc3c2)N1. The van der Waals surface area contributed by atoms with Gasteiger partial charge in [0.1, 0.15) is 0 Å². The number of aliphatic imine (C=N–C) groups is 1. The lowest BCUT2D eigenvalue weighted by Crippen LogP contribution is -2.25. The van der Waals surface area contributed by atoms with E-state index in [4.69, 9.17) is 4.74 Å². The highest BCUT2D eigenvalue weighted by atomic mass is 16.5. The second-order valence-corrected chi connectivity index (χ2v) is 4.38. The van der Waals surface area contributed by atoms with Crippen LogP contribution in [-0.2, 0) is 4.74 Å². The standard InChI is InChI=1S/C15H16N2O/c1-2-18-15-16-10-14(17-15)13-8-7-11-5-3-4-6-12(11)9-13/h3-9,14H,2,10H2,1H3,(H,16,17). The molecule has 0 radical (unpaired) electrons. The van der Waals surface area contributed by atoms with Gasteiger partial charge in [0, 0.05) is 0 Å². The summed E-state index contributed by atoms with van der Waals surface area (Å²) in [4.78, 5) is 4.35. The Morgan fingerprint density at radius 1 is 1.22 bits per heavy atom. The number of rotatable bonds is 2. The van der Waals surface area contributed by atoms with Crippen molar-refractivity contribution >= 4 is 16.8 Å². The summed E-state index contributed by atoms with van der Waals surface area (Å²) in [5.41, 5.74) is 1.26. The molecule has 0 fully saturated rings. The minimum atomic E-state index is 0.233. The van der Waals surface area contributed by atoms with Crippen molar-refractivity contribution in [2.45, 2.75) is 13.0 Å². The summed E-state index contributed by atoms with van der Waals surface area (Å²) < 4.78 is 5.38. The van der Waals surface area contributed by atoms with Gasteiger partial charge in [0.2, 0.25) is 0 Å². The van der Waals surface area contributed by atoms with Crippen molar-refractivity contribution in [1.29, 1.82) is 0 Å². The number of amidine groups is 1. The van der Waals surface area contributed by atoms with E-state index in [-0.39, 0.29) is 6.04 Å². The molecule has 1 atom stereocenters. The van der Waals surface area contributed by atoms with Gasteiger partial charge in [-0.2, -0.15) is 0 Å². The van der Waals surface area contributed by atoms with Crippen molar-refractivity contribution in [1.82, 2.24) is 5.32 Å². The predicted octanol–water partition coefficient (Wildman–Crippen LogP) is 2.88. The maximum Gasteiger partial charge on any atom is 0.285 e. The highest BCUT2D eigenvalue weighted by Crippen LogP contribution is 2.22. The minimum absolute atomic E-state index is 0.233. The van der Waals surface area contributed by atoms with E-state index in [2.05, 4.69) is 52.8 Å². The van der Waals surface area contributed by atoms with Gasteiger partial charge in [-0.3, -0.25) is 0 Å². The number of hydrogen-bond acceptors (Lipinski definition) is 3. The fourth-order valence-electron chi connectivity index (χ4n) is 2.25. The van der Waals surface area contributed by atoms with Gasteiger partial charge in [0.15, 0.2) is 0 Å². The minimum Gasteiger partial charge on any atom is -0.466 e. The number of fused-ring (bicyclic) bond motifs is 1. The molecule has 1 unspecified atom stereocenters. The predicted molar refractivity (Wildman–Crippen MR) is 73.8 cm³/mol. The molecule has 3 rings (SSSR count). The van der Waals surface area contributed by atoms with Crippen LogP contribution in [-0.4, -0.2) is 19.2 Å². The van der Waals surface area contributed by atoms with Crippen LogP contribution in [0.15, 0.2) is 47.5 Å². The third-order valence-corrected chi connectivity index (χ3v) is 3.17. The van der Waals surface area contributed by atoms with Gasteiger partial charge in [-0.1, -0.05) is 36.4 Å². The molecule has 0 saturated heterocycles. The summed E-state index contributed by atoms with van der Waals surface area (Å²) in [6, 6.07) is 15.8. The summed E-state index contributed by atoms with van der Waals surface area (Å²) in [5.74, 6) is 0. The average Bonchev–Trinajstić information content (AvgIpc) is 2.87. The Kier molecular flexibility index (Phi) is 2.89. The molecule has 0 spiro atoms. The molecule has 0 aromatic heterocycles. The summed E-state index contributed by atoms with van der Waals surface area (Å²) in [6.45, 7) is 3.36. The summed E-state index contributed by atoms with van der Waals surface area (Å²) in [5, 5.41) is 5.83. The molecule has 0 aliphatic carbocycles. The van der Waals surface area contributed by atoms with Gasteiger partial charge in [-0.15, -0.1) is 0 Å². The van der Waals surface area contributed by atoms with Crippen molar-refractivity contribution in [3.63, 3.8) is 0 Å². The third kappa shape index (κ3) is 2.04. The van der Waals surface area contributed by atoms with Crippen LogP contribution in [0.4, 0.5) is 0 Å². The normalized spacial score (nSPS) is 18.5. The first-order valence-corrected chi connectivity index (χ1v) is 6.29. The van der Waals surface area contributed by atoms with Crippen LogP contribution in [0.25, 0.3) is 10.8 Å². The number of benzene rings is 2. The molecule has 1 heterocycles. The molecular weight excluding hydrogens is 224 g/mol. The highest BCUT2D eigenvalue weighted by Gasteiger charge is 2.19. The largest absolute Gasteiger partial charge is 0.466 e. The Hall–Kier alpha value is -2.03. The van der Waals surface area contributed by atoms with E-state index in [0.29, 0.717) is 12.6 Å². The van der Waals surface area contributed by atoms with Gasteiger partial charge in [0.25, 0.3) is 6.02 Å². The molecule has 1 N–H and O–H groups in total. The van der Waals surface area contributed by atoms with Crippen molar-refractivity contribution in [2.24, 2.45) is 4.99 Å². The van der Waals surface area contributed by atoms with E-state index >= 15 is 0 Å². The molecule has 1 aliphatic heterocycles. The summed E-state index contributed by atoms with van der Waals surface area (Å²) in [6.07, 6.45) is 0. The van der Waals surface area contributed by atoms with Crippen LogP contribution >= 0.6 is 0 Å². The average molecular weight is 240 g/mol. The van der Waals surface area contributed by atoms with E-state index in [1.807, 2.05) is 6.92 Å². The zero-order chi connectivity index (χ0) is 12.4. The van der Waals surface area contributed by atoms with E-state index in [1.54, 1.807) is 0 Å². The highest BCUT2D eigenvalue weighted by molar-refractivity contribution is 5.83. The molecule has 0 amide bonds. The first kappa shape index (κ1) is 11.1. The number of ether oxygens (including phenoxy) is 1. The number of nitrogens with zero attached hydrogens (tertiary/aromatic N) is 1. The lowest BCUT2D eigenvalue weighted by Gasteiger charge is -2.12. The third-order valence-electron chi connectivity index (χ3n) is 3.17. The Morgan fingerprint density at radius 2 is 2.06 bits per heavy atom. The lowest BCUT2D eigenvalue weighted by molar-refractivity contribution is 0.312. The smallest absolute Gasteiger partial charge is 0.285 e. The second-order valence-electron chi connectivity index (χ2n) is 4.38. The van der Waals surface area contributed by atoms with Gasteiger partial charge in [0.05, 0.1) is 19.2 Å². The van der Waals surface area contributed by atoms with E-state index in [1.165, 1.54) is 16.3 Å². The monoisotopic (exact) mass is 240 g/mol. The molecule has 2 aromatic rings. The van der Waals surface area contributed by atoms with Gasteiger partial charge < -0.3 is 10.1 Å². The molecule has 2 aromatic carbocycles. The van der Waals surface area contributed by atoms with Gasteiger partial charge in [-0.05, 0) is 29.3 Å². The van der Waals surface area contributed by atoms with Crippen LogP contribution in [0.2, 0.25) is 0 Å². The molecule has 0 saturated carbocycles. The van der Waals surface area contributed by atoms with E-state index in [0.717, 1.165) is 6.54 Å². The number of hydrogen-bond donors (Lipinski definition) is 1. The molecule has 0 bridgehead atoms. The van der Waals surface area contributed by atoms with E-state index in [9.17, 15) is 0 Å². The Morgan fingerprint density at radius 3 is 2.89 bits per heavy atom. The molecule has 3 heteroatoms. The zero-order valence-corrected chi connectivity index (χ0v) is 10.4. The second kappa shape index (κ2) is 4.69. The molecule has 1 aliphatic rings. The van der Waals surface area contributed by atoms with Gasteiger partial charge in [-0.25, -0.2) is 4.99 Å². The topological polar surface area (TPSA) is 33.6 Å². The zero-order valence-electron chi connectivity index (χ0n) is 10.4. The van der Waals surface area contributed by atoms with E-state index < -0.39 is 0 Å². The van der Waals surface area contributed by atoms with Gasteiger partial charge >= 0.3 is 0 Å². The van der Waals surface area contributed by atoms with Crippen LogP contribution in [0.1, 0.15) is 18.5 Å². The van der Waals surface area contributed by atoms with Crippen LogP contribution < -0.4 is 5.32 Å². The van der Waals surface area contributed by atoms with Crippen molar-refractivity contribution in [3.8, 4) is 0 Å². The first-order valence-electron chi connectivity index (χ1n) is 6.29. The fourth-order valence-corrected chi connectivity index (χ4v) is 2.25. The maximum absolute atomic E-state index is 5.38. The first-order chi connectivity index (χ1) is 8.86. The van der Waals surface area contributed by atoms with Crippen molar-refractivity contribution < 1.29 is 4.74 Å². The van der Waals surface area contributed by atoms with Crippen LogP contribution in [0.3, 0.4) is 0 Å². The van der Waals surface area contributed by atoms with Crippen molar-refractivity contribution in [2.75, 3.05) is 13.2 Å². The van der Waals surface area contributed by atoms with Crippen molar-refractivity contribution in [3.05, 3.63) is 48.0 Å². The quantitative estimate of drug-likeness (QED) is 0.875. The fraction of sp³-hybridized carbons (Fsp3) is 0.267. The summed E-state index contributed by atoms with van der Waals surface area (Å²) in [7, 11) is 0. The maximum atomic E-state index is 5.38. The molecule has 92 valence electrons. The lowest BCUT2D eigenvalue weighted by atomic mass is 10.0.